The maximum absolute atomic E-state index is 11.4. The maximum Gasteiger partial charge on any atom is 0.335 e. The van der Waals surface area contributed by atoms with Gasteiger partial charge in [0.2, 0.25) is 0 Å². The second-order valence-corrected chi connectivity index (χ2v) is 11.4. The number of rotatable bonds is 8. The lowest BCUT2D eigenvalue weighted by molar-refractivity contribution is 0.00710. The van der Waals surface area contributed by atoms with Crippen molar-refractivity contribution in [2.75, 3.05) is 18.0 Å². The minimum atomic E-state index is -1.22. The first-order valence-corrected chi connectivity index (χ1v) is 13.8. The summed E-state index contributed by atoms with van der Waals surface area (Å²) in [5, 5.41) is 26.2. The molecule has 8 nitrogen and oxygen atoms in total. The van der Waals surface area contributed by atoms with E-state index in [2.05, 4.69) is 10.1 Å². The lowest BCUT2D eigenvalue weighted by atomic mass is 9.86. The number of carboxylic acids is 1. The van der Waals surface area contributed by atoms with Gasteiger partial charge in [-0.3, -0.25) is 0 Å². The van der Waals surface area contributed by atoms with E-state index in [-0.39, 0.29) is 31.2 Å². The van der Waals surface area contributed by atoms with E-state index >= 15 is 0 Å². The van der Waals surface area contributed by atoms with Crippen LogP contribution in [0.15, 0.2) is 53.1 Å². The molecule has 0 radical (unpaired) electrons. The number of halogens is 3. The average Bonchev–Trinajstić information content (AvgIpc) is 3.65. The van der Waals surface area contributed by atoms with Crippen LogP contribution < -0.4 is 9.64 Å². The first-order valence-electron chi connectivity index (χ1n) is 12.7. The Morgan fingerprint density at radius 1 is 1.10 bits per heavy atom. The number of aromatic carboxylic acids is 1. The normalized spacial score (nSPS) is 16.1. The molecule has 1 aliphatic carbocycles. The molecule has 2 aromatic carbocycles. The molecule has 2 aliphatic rings. The minimum absolute atomic E-state index is 0.148. The summed E-state index contributed by atoms with van der Waals surface area (Å²) < 4.78 is 11.8. The van der Waals surface area contributed by atoms with Gasteiger partial charge in [-0.05, 0) is 56.2 Å². The highest BCUT2D eigenvalue weighted by Gasteiger charge is 2.45. The Bertz CT molecular complexity index is 1610. The average molecular weight is 601 g/mol. The van der Waals surface area contributed by atoms with Gasteiger partial charge in [0.25, 0.3) is 0 Å². The number of β-amino-alcohol motifs (C(OH)–C–C–N with tert-alkyl or cyclic N) is 1. The molecule has 1 saturated carbocycles. The van der Waals surface area contributed by atoms with Crippen LogP contribution >= 0.6 is 34.8 Å². The Hall–Kier alpha value is -3.30. The maximum atomic E-state index is 11.4. The van der Waals surface area contributed by atoms with Gasteiger partial charge in [0.1, 0.15) is 35.2 Å². The number of ether oxygens (including phenoxy) is 1. The predicted molar refractivity (Wildman–Crippen MR) is 152 cm³/mol. The third-order valence-electron chi connectivity index (χ3n) is 7.21. The molecule has 0 spiro atoms. The largest absolute Gasteiger partial charge is 0.489 e. The van der Waals surface area contributed by atoms with E-state index in [0.717, 1.165) is 24.2 Å². The summed E-state index contributed by atoms with van der Waals surface area (Å²) in [5.74, 6) is 1.04. The highest BCUT2D eigenvalue weighted by atomic mass is 35.5. The summed E-state index contributed by atoms with van der Waals surface area (Å²) in [6, 6.07) is 13.4. The van der Waals surface area contributed by atoms with Crippen molar-refractivity contribution in [2.45, 2.75) is 37.9 Å². The van der Waals surface area contributed by atoms with E-state index in [1.165, 1.54) is 12.1 Å². The van der Waals surface area contributed by atoms with Gasteiger partial charge in [-0.25, -0.2) is 9.78 Å². The summed E-state index contributed by atoms with van der Waals surface area (Å²) in [6.07, 6.45) is 2.04. The number of hydrogen-bond donors (Lipinski definition) is 2. The molecule has 4 aromatic rings. The third kappa shape index (κ3) is 5.01. The topological polar surface area (TPSA) is 109 Å². The summed E-state index contributed by atoms with van der Waals surface area (Å²) in [4.78, 5) is 17.6. The molecule has 0 atom stereocenters. The Balaban J connectivity index is 1.19. The van der Waals surface area contributed by atoms with Gasteiger partial charge in [-0.15, -0.1) is 0 Å². The summed E-state index contributed by atoms with van der Waals surface area (Å²) >= 11 is 19.5. The third-order valence-corrected chi connectivity index (χ3v) is 8.15. The fraction of sp³-hybridized carbons (Fsp3) is 0.276. The van der Waals surface area contributed by atoms with Gasteiger partial charge in [0, 0.05) is 22.7 Å². The molecule has 3 heterocycles. The smallest absolute Gasteiger partial charge is 0.335 e. The zero-order valence-corrected chi connectivity index (χ0v) is 23.6. The van der Waals surface area contributed by atoms with Crippen LogP contribution in [0.25, 0.3) is 11.3 Å². The molecule has 40 heavy (non-hydrogen) atoms. The summed E-state index contributed by atoms with van der Waals surface area (Å²) in [7, 11) is 0. The number of aromatic nitrogens is 2. The van der Waals surface area contributed by atoms with Crippen molar-refractivity contribution in [1.82, 2.24) is 10.1 Å². The summed E-state index contributed by atoms with van der Waals surface area (Å²) in [5.41, 5.74) is 2.01. The van der Waals surface area contributed by atoms with Gasteiger partial charge in [-0.2, -0.15) is 0 Å². The van der Waals surface area contributed by atoms with Crippen LogP contribution in [0.3, 0.4) is 0 Å². The standard InChI is InChI=1S/C29H24Cl3N3O5/c1-15-9-17(28(36)37)10-24(33-15)35-13-29(38,14-35)20-8-7-18(11-23(20)32)39-12-19-26(34-40-27(19)16-5-6-16)25-21(30)3-2-4-22(25)31/h2-4,7-11,16,38H,5-6,12-14H2,1H3,(H,36,37). The van der Waals surface area contributed by atoms with Crippen LogP contribution in [-0.4, -0.2) is 39.4 Å². The number of aliphatic hydroxyl groups is 1. The van der Waals surface area contributed by atoms with Gasteiger partial charge >= 0.3 is 5.97 Å². The number of hydrogen-bond acceptors (Lipinski definition) is 7. The first-order chi connectivity index (χ1) is 19.1. The molecule has 0 unspecified atom stereocenters. The van der Waals surface area contributed by atoms with Crippen molar-refractivity contribution in [3.63, 3.8) is 0 Å². The quantitative estimate of drug-likeness (QED) is 0.226. The monoisotopic (exact) mass is 599 g/mol. The second-order valence-electron chi connectivity index (χ2n) is 10.2. The van der Waals surface area contributed by atoms with Crippen LogP contribution in [0.4, 0.5) is 5.82 Å². The lowest BCUT2D eigenvalue weighted by Gasteiger charge is -2.47. The predicted octanol–water partition coefficient (Wildman–Crippen LogP) is 6.87. The molecule has 0 amide bonds. The number of anilines is 1. The molecule has 1 saturated heterocycles. The number of benzene rings is 2. The van der Waals surface area contributed by atoms with Crippen molar-refractivity contribution >= 4 is 46.6 Å². The van der Waals surface area contributed by atoms with Crippen molar-refractivity contribution in [3.8, 4) is 17.0 Å². The highest BCUT2D eigenvalue weighted by Crippen LogP contribution is 2.46. The number of pyridine rings is 1. The zero-order valence-electron chi connectivity index (χ0n) is 21.3. The molecule has 2 N–H and O–H groups in total. The second kappa shape index (κ2) is 10.3. The van der Waals surface area contributed by atoms with E-state index in [9.17, 15) is 15.0 Å². The highest BCUT2D eigenvalue weighted by molar-refractivity contribution is 6.39. The van der Waals surface area contributed by atoms with Crippen LogP contribution in [-0.2, 0) is 12.2 Å². The number of carboxylic acid groups (broad SMARTS) is 1. The molecule has 0 bridgehead atoms. The van der Waals surface area contributed by atoms with E-state index in [4.69, 9.17) is 44.1 Å². The van der Waals surface area contributed by atoms with Crippen molar-refractivity contribution in [1.29, 1.82) is 0 Å². The Labute approximate surface area is 245 Å². The summed E-state index contributed by atoms with van der Waals surface area (Å²) in [6.45, 7) is 2.34. The van der Waals surface area contributed by atoms with Crippen molar-refractivity contribution in [2.24, 2.45) is 0 Å². The molecule has 2 fully saturated rings. The molecule has 206 valence electrons. The van der Waals surface area contributed by atoms with E-state index < -0.39 is 11.6 Å². The Morgan fingerprint density at radius 3 is 2.48 bits per heavy atom. The van der Waals surface area contributed by atoms with Gasteiger partial charge in [0.05, 0.1) is 39.3 Å². The van der Waals surface area contributed by atoms with E-state index in [1.54, 1.807) is 43.3 Å². The van der Waals surface area contributed by atoms with E-state index in [1.807, 2.05) is 4.90 Å². The van der Waals surface area contributed by atoms with Gasteiger partial charge in [0.15, 0.2) is 0 Å². The molecule has 2 aromatic heterocycles. The van der Waals surface area contributed by atoms with Crippen LogP contribution in [0.2, 0.25) is 15.1 Å². The molecule has 11 heteroatoms. The fourth-order valence-electron chi connectivity index (χ4n) is 5.02. The molecular formula is C29H24Cl3N3O5. The van der Waals surface area contributed by atoms with Gasteiger partial charge in [-0.1, -0.05) is 52.1 Å². The Morgan fingerprint density at radius 2 is 1.82 bits per heavy atom. The number of carbonyl (C=O) groups is 1. The molecule has 1 aliphatic heterocycles. The fourth-order valence-corrected chi connectivity index (χ4v) is 5.94. The minimum Gasteiger partial charge on any atom is -0.489 e. The van der Waals surface area contributed by atoms with Crippen LogP contribution in [0, 0.1) is 6.92 Å². The Kier molecular flexibility index (Phi) is 6.91. The number of nitrogens with zero attached hydrogens (tertiary/aromatic N) is 3. The van der Waals surface area contributed by atoms with E-state index in [0.29, 0.717) is 49.2 Å². The first kappa shape index (κ1) is 26.9. The molecule has 6 rings (SSSR count). The van der Waals surface area contributed by atoms with Crippen molar-refractivity contribution < 1.29 is 24.3 Å². The zero-order chi connectivity index (χ0) is 28.2. The molecular weight excluding hydrogens is 577 g/mol. The van der Waals surface area contributed by atoms with Crippen LogP contribution in [0.5, 0.6) is 5.75 Å². The number of aryl methyl sites for hydroxylation is 1. The van der Waals surface area contributed by atoms with Crippen molar-refractivity contribution in [3.05, 3.63) is 91.7 Å². The van der Waals surface area contributed by atoms with Gasteiger partial charge < -0.3 is 24.4 Å². The van der Waals surface area contributed by atoms with Crippen LogP contribution in [0.1, 0.15) is 51.7 Å². The SMILES string of the molecule is Cc1cc(C(=O)O)cc(N2CC(O)(c3ccc(OCc4c(-c5c(Cl)cccc5Cl)noc4C4CC4)cc3Cl)C2)n1. The lowest BCUT2D eigenvalue weighted by Crippen LogP contribution is -2.60.